The standard InChI is InChI=1S/C26H26ClN5O/c1-25(2,18-4-3-5-19(27)11-18)21-14-29-24-20(21)10-17(13-28-24)22-12-23-26(7-9-32(23)30-22)6-8-31(15-26)16-33/h3-5,10-14,16H,6-9,15H2,1-2H3,(H,28,29). The Balaban J connectivity index is 1.41. The van der Waals surface area contributed by atoms with Crippen LogP contribution in [0.2, 0.25) is 5.02 Å². The number of carbonyl (C=O) groups is 1. The van der Waals surface area contributed by atoms with E-state index in [4.69, 9.17) is 21.7 Å². The highest BCUT2D eigenvalue weighted by molar-refractivity contribution is 6.30. The summed E-state index contributed by atoms with van der Waals surface area (Å²) in [5.74, 6) is 0. The summed E-state index contributed by atoms with van der Waals surface area (Å²) in [7, 11) is 0. The van der Waals surface area contributed by atoms with Crippen molar-refractivity contribution in [2.45, 2.75) is 44.1 Å². The van der Waals surface area contributed by atoms with Gasteiger partial charge in [-0.3, -0.25) is 9.48 Å². The van der Waals surface area contributed by atoms with Gasteiger partial charge in [-0.25, -0.2) is 4.98 Å². The molecule has 2 aliphatic rings. The number of aromatic amines is 1. The van der Waals surface area contributed by atoms with Gasteiger partial charge in [0, 0.05) is 64.5 Å². The monoisotopic (exact) mass is 459 g/mol. The maximum atomic E-state index is 11.3. The van der Waals surface area contributed by atoms with Crippen molar-refractivity contribution in [3.8, 4) is 11.3 Å². The van der Waals surface area contributed by atoms with Crippen LogP contribution in [0.1, 0.15) is 43.5 Å². The zero-order valence-corrected chi connectivity index (χ0v) is 19.6. The summed E-state index contributed by atoms with van der Waals surface area (Å²) in [4.78, 5) is 21.2. The second-order valence-corrected chi connectivity index (χ2v) is 10.4. The predicted octanol–water partition coefficient (Wildman–Crippen LogP) is 4.91. The molecule has 3 aromatic heterocycles. The third-order valence-electron chi connectivity index (χ3n) is 7.70. The van der Waals surface area contributed by atoms with E-state index in [0.717, 1.165) is 71.8 Å². The number of rotatable bonds is 4. The van der Waals surface area contributed by atoms with Gasteiger partial charge in [0.1, 0.15) is 5.65 Å². The first-order valence-corrected chi connectivity index (χ1v) is 11.8. The number of amides is 1. The Morgan fingerprint density at radius 2 is 2.03 bits per heavy atom. The van der Waals surface area contributed by atoms with Crippen molar-refractivity contribution in [2.75, 3.05) is 13.1 Å². The van der Waals surface area contributed by atoms with Crippen LogP contribution in [0.3, 0.4) is 0 Å². The lowest BCUT2D eigenvalue weighted by molar-refractivity contribution is -0.117. The molecule has 0 radical (unpaired) electrons. The van der Waals surface area contributed by atoms with Crippen molar-refractivity contribution >= 4 is 29.0 Å². The minimum absolute atomic E-state index is 0.0392. The van der Waals surface area contributed by atoms with Gasteiger partial charge in [0.05, 0.1) is 5.69 Å². The summed E-state index contributed by atoms with van der Waals surface area (Å²) in [5, 5.41) is 6.75. The van der Waals surface area contributed by atoms with Crippen molar-refractivity contribution < 1.29 is 4.79 Å². The molecule has 0 saturated carbocycles. The third-order valence-corrected chi connectivity index (χ3v) is 7.94. The van der Waals surface area contributed by atoms with E-state index in [-0.39, 0.29) is 10.8 Å². The lowest BCUT2D eigenvalue weighted by Gasteiger charge is -2.25. The number of aryl methyl sites for hydroxylation is 1. The number of aromatic nitrogens is 4. The Morgan fingerprint density at radius 1 is 1.18 bits per heavy atom. The molecule has 0 aliphatic carbocycles. The molecule has 1 unspecified atom stereocenters. The maximum Gasteiger partial charge on any atom is 0.209 e. The second kappa shape index (κ2) is 7.19. The minimum atomic E-state index is -0.244. The summed E-state index contributed by atoms with van der Waals surface area (Å²) < 4.78 is 2.13. The molecular formula is C26H26ClN5O. The van der Waals surface area contributed by atoms with Crippen LogP contribution in [-0.4, -0.2) is 44.1 Å². The molecule has 1 spiro atoms. The lowest BCUT2D eigenvalue weighted by atomic mass is 9.78. The summed E-state index contributed by atoms with van der Waals surface area (Å²) >= 11 is 6.29. The van der Waals surface area contributed by atoms with Gasteiger partial charge in [0.25, 0.3) is 0 Å². The number of hydrogen-bond donors (Lipinski definition) is 1. The summed E-state index contributed by atoms with van der Waals surface area (Å²) in [6.45, 7) is 6.93. The van der Waals surface area contributed by atoms with Crippen LogP contribution in [0.25, 0.3) is 22.3 Å². The molecule has 1 saturated heterocycles. The van der Waals surface area contributed by atoms with E-state index in [1.54, 1.807) is 0 Å². The Bertz CT molecular complexity index is 1390. The molecule has 1 N–H and O–H groups in total. The number of benzene rings is 1. The highest BCUT2D eigenvalue weighted by Crippen LogP contribution is 2.44. The van der Waals surface area contributed by atoms with Crippen LogP contribution >= 0.6 is 11.6 Å². The van der Waals surface area contributed by atoms with Gasteiger partial charge >= 0.3 is 0 Å². The number of likely N-dealkylation sites (tertiary alicyclic amines) is 1. The summed E-state index contributed by atoms with van der Waals surface area (Å²) in [5.41, 5.74) is 6.19. The number of nitrogens with zero attached hydrogens (tertiary/aromatic N) is 4. The summed E-state index contributed by atoms with van der Waals surface area (Å²) in [6.07, 6.45) is 6.97. The average molecular weight is 460 g/mol. The molecular weight excluding hydrogens is 434 g/mol. The quantitative estimate of drug-likeness (QED) is 0.441. The highest BCUT2D eigenvalue weighted by Gasteiger charge is 2.45. The van der Waals surface area contributed by atoms with Crippen LogP contribution in [0.4, 0.5) is 0 Å². The topological polar surface area (TPSA) is 66.8 Å². The molecule has 0 bridgehead atoms. The number of nitrogens with one attached hydrogen (secondary N) is 1. The lowest BCUT2D eigenvalue weighted by Crippen LogP contribution is -2.28. The zero-order chi connectivity index (χ0) is 22.8. The molecule has 1 aromatic carbocycles. The summed E-state index contributed by atoms with van der Waals surface area (Å²) in [6, 6.07) is 12.4. The molecule has 6 nitrogen and oxygen atoms in total. The zero-order valence-electron chi connectivity index (χ0n) is 18.8. The van der Waals surface area contributed by atoms with Crippen LogP contribution in [0.15, 0.2) is 48.8 Å². The van der Waals surface area contributed by atoms with E-state index >= 15 is 0 Å². The van der Waals surface area contributed by atoms with Crippen molar-refractivity contribution in [1.82, 2.24) is 24.6 Å². The molecule has 1 atom stereocenters. The average Bonchev–Trinajstić information content (AvgIpc) is 3.58. The first kappa shape index (κ1) is 20.5. The van der Waals surface area contributed by atoms with Gasteiger partial charge in [-0.2, -0.15) is 5.10 Å². The number of fused-ring (bicyclic) bond motifs is 3. The fourth-order valence-corrected chi connectivity index (χ4v) is 5.89. The largest absolute Gasteiger partial charge is 0.346 e. The number of carbonyl (C=O) groups excluding carboxylic acids is 1. The van der Waals surface area contributed by atoms with Gasteiger partial charge in [-0.05, 0) is 48.2 Å². The Labute approximate surface area is 197 Å². The fourth-order valence-electron chi connectivity index (χ4n) is 5.70. The molecule has 2 aliphatic heterocycles. The Morgan fingerprint density at radius 3 is 2.82 bits per heavy atom. The van der Waals surface area contributed by atoms with Crippen molar-refractivity contribution in [3.05, 3.63) is 70.6 Å². The Kier molecular flexibility index (Phi) is 4.46. The highest BCUT2D eigenvalue weighted by atomic mass is 35.5. The fraction of sp³-hybridized carbons (Fsp3) is 0.346. The smallest absolute Gasteiger partial charge is 0.209 e. The van der Waals surface area contributed by atoms with Gasteiger partial charge in [-0.1, -0.05) is 37.6 Å². The van der Waals surface area contributed by atoms with Crippen LogP contribution in [-0.2, 0) is 22.2 Å². The van der Waals surface area contributed by atoms with Gasteiger partial charge in [0.15, 0.2) is 0 Å². The number of halogens is 1. The van der Waals surface area contributed by atoms with Crippen LogP contribution in [0.5, 0.6) is 0 Å². The molecule has 168 valence electrons. The molecule has 6 rings (SSSR count). The van der Waals surface area contributed by atoms with E-state index in [1.165, 1.54) is 11.3 Å². The predicted molar refractivity (Wildman–Crippen MR) is 129 cm³/mol. The molecule has 4 aromatic rings. The number of pyridine rings is 1. The third kappa shape index (κ3) is 3.11. The van der Waals surface area contributed by atoms with Gasteiger partial charge < -0.3 is 9.88 Å². The van der Waals surface area contributed by atoms with E-state index in [0.29, 0.717) is 0 Å². The molecule has 1 amide bonds. The Hall–Kier alpha value is -3.12. The minimum Gasteiger partial charge on any atom is -0.346 e. The second-order valence-electron chi connectivity index (χ2n) is 9.95. The van der Waals surface area contributed by atoms with Crippen molar-refractivity contribution in [3.63, 3.8) is 0 Å². The SMILES string of the molecule is CC(C)(c1cccc(Cl)c1)c1c[nH]c2ncc(-c3cc4n(n3)CCC43CCN(C=O)C3)cc12. The van der Waals surface area contributed by atoms with Crippen molar-refractivity contribution in [1.29, 1.82) is 0 Å². The van der Waals surface area contributed by atoms with Gasteiger partial charge in [0.2, 0.25) is 6.41 Å². The number of H-pyrrole nitrogens is 1. The first-order chi connectivity index (χ1) is 15.9. The van der Waals surface area contributed by atoms with Gasteiger partial charge in [-0.15, -0.1) is 0 Å². The number of hydrogen-bond acceptors (Lipinski definition) is 3. The maximum absolute atomic E-state index is 11.3. The molecule has 5 heterocycles. The van der Waals surface area contributed by atoms with Crippen molar-refractivity contribution in [2.24, 2.45) is 0 Å². The van der Waals surface area contributed by atoms with E-state index in [2.05, 4.69) is 47.9 Å². The van der Waals surface area contributed by atoms with Crippen LogP contribution in [0, 0.1) is 0 Å². The molecule has 1 fully saturated rings. The normalized spacial score (nSPS) is 20.2. The van der Waals surface area contributed by atoms with E-state index < -0.39 is 0 Å². The first-order valence-electron chi connectivity index (χ1n) is 11.4. The van der Waals surface area contributed by atoms with E-state index in [1.807, 2.05) is 29.3 Å². The van der Waals surface area contributed by atoms with Crippen LogP contribution < -0.4 is 0 Å². The van der Waals surface area contributed by atoms with E-state index in [9.17, 15) is 4.79 Å². The molecule has 33 heavy (non-hydrogen) atoms. The molecule has 7 heteroatoms.